The average Bonchev–Trinajstić information content (AvgIpc) is 2.92. The summed E-state index contributed by atoms with van der Waals surface area (Å²) < 4.78 is 49.1. The lowest BCUT2D eigenvalue weighted by Gasteiger charge is -2.17. The third kappa shape index (κ3) is 10.8. The van der Waals surface area contributed by atoms with Crippen LogP contribution in [0, 0.1) is 0 Å². The SMILES string of the molecule is O=C(O)CCSC(CCCc1ccccc1)c1ccc(OCCCOc2ccc(C(O)C(F)(F)F)cc2)cc1. The molecule has 0 bridgehead atoms. The molecule has 0 heterocycles. The molecule has 0 amide bonds. The maximum Gasteiger partial charge on any atom is 0.418 e. The molecule has 0 fully saturated rings. The molecule has 0 aliphatic heterocycles. The van der Waals surface area contributed by atoms with Gasteiger partial charge in [-0.15, -0.1) is 0 Å². The summed E-state index contributed by atoms with van der Waals surface area (Å²) in [7, 11) is 0. The lowest BCUT2D eigenvalue weighted by atomic mass is 10.0. The first kappa shape index (κ1) is 30.4. The summed E-state index contributed by atoms with van der Waals surface area (Å²) >= 11 is 1.66. The van der Waals surface area contributed by atoms with Crippen LogP contribution in [0.25, 0.3) is 0 Å². The van der Waals surface area contributed by atoms with Gasteiger partial charge in [-0.25, -0.2) is 0 Å². The van der Waals surface area contributed by atoms with E-state index >= 15 is 0 Å². The molecule has 39 heavy (non-hydrogen) atoms. The van der Waals surface area contributed by atoms with E-state index in [0.717, 1.165) is 24.8 Å². The third-order valence-electron chi connectivity index (χ3n) is 5.99. The number of carbonyl (C=O) groups is 1. The van der Waals surface area contributed by atoms with Crippen LogP contribution < -0.4 is 9.47 Å². The Morgan fingerprint density at radius 2 is 1.38 bits per heavy atom. The molecule has 5 nitrogen and oxygen atoms in total. The van der Waals surface area contributed by atoms with Gasteiger partial charge in [0.2, 0.25) is 0 Å². The van der Waals surface area contributed by atoms with Gasteiger partial charge in [0, 0.05) is 17.4 Å². The maximum absolute atomic E-state index is 12.6. The lowest BCUT2D eigenvalue weighted by Crippen LogP contribution is -2.20. The predicted molar refractivity (Wildman–Crippen MR) is 146 cm³/mol. The quantitative estimate of drug-likeness (QED) is 0.177. The number of hydrogen-bond acceptors (Lipinski definition) is 5. The van der Waals surface area contributed by atoms with Crippen molar-refractivity contribution in [3.05, 3.63) is 95.6 Å². The molecule has 3 rings (SSSR count). The summed E-state index contributed by atoms with van der Waals surface area (Å²) in [4.78, 5) is 11.0. The first-order valence-electron chi connectivity index (χ1n) is 12.8. The molecule has 2 unspecified atom stereocenters. The number of aliphatic carboxylic acids is 1. The summed E-state index contributed by atoms with van der Waals surface area (Å²) in [5, 5.41) is 18.5. The van der Waals surface area contributed by atoms with Crippen molar-refractivity contribution in [2.24, 2.45) is 0 Å². The molecule has 9 heteroatoms. The molecular weight excluding hydrogens is 529 g/mol. The fourth-order valence-corrected chi connectivity index (χ4v) is 5.18. The third-order valence-corrected chi connectivity index (χ3v) is 7.34. The van der Waals surface area contributed by atoms with Crippen LogP contribution in [0.2, 0.25) is 0 Å². The number of thioether (sulfide) groups is 1. The molecule has 0 saturated carbocycles. The van der Waals surface area contributed by atoms with Crippen LogP contribution in [-0.4, -0.2) is 41.3 Å². The van der Waals surface area contributed by atoms with E-state index < -0.39 is 18.2 Å². The van der Waals surface area contributed by atoms with Crippen LogP contribution in [0.15, 0.2) is 78.9 Å². The largest absolute Gasteiger partial charge is 0.493 e. The van der Waals surface area contributed by atoms with Crippen LogP contribution in [0.4, 0.5) is 13.2 Å². The summed E-state index contributed by atoms with van der Waals surface area (Å²) in [6.07, 6.45) is -3.62. The summed E-state index contributed by atoms with van der Waals surface area (Å²) in [6, 6.07) is 23.3. The molecule has 0 spiro atoms. The van der Waals surface area contributed by atoms with Gasteiger partial charge in [0.1, 0.15) is 11.5 Å². The van der Waals surface area contributed by atoms with Crippen LogP contribution in [0.5, 0.6) is 11.5 Å². The predicted octanol–water partition coefficient (Wildman–Crippen LogP) is 7.40. The molecular formula is C30H33F3O5S. The topological polar surface area (TPSA) is 76.0 Å². The number of ether oxygens (including phenoxy) is 2. The van der Waals surface area contributed by atoms with Gasteiger partial charge in [-0.1, -0.05) is 54.6 Å². The first-order valence-corrected chi connectivity index (χ1v) is 13.8. The Morgan fingerprint density at radius 1 is 0.821 bits per heavy atom. The molecule has 0 saturated heterocycles. The van der Waals surface area contributed by atoms with E-state index in [1.165, 1.54) is 29.8 Å². The number of halogens is 3. The Balaban J connectivity index is 1.43. The van der Waals surface area contributed by atoms with Gasteiger partial charge in [0.05, 0.1) is 19.6 Å². The zero-order valence-corrected chi connectivity index (χ0v) is 22.3. The zero-order valence-electron chi connectivity index (χ0n) is 21.5. The maximum atomic E-state index is 12.6. The fraction of sp³-hybridized carbons (Fsp3) is 0.367. The number of carboxylic acid groups (broad SMARTS) is 1. The van der Waals surface area contributed by atoms with E-state index in [1.807, 2.05) is 42.5 Å². The highest BCUT2D eigenvalue weighted by molar-refractivity contribution is 7.99. The van der Waals surface area contributed by atoms with E-state index in [0.29, 0.717) is 36.9 Å². The number of benzene rings is 3. The summed E-state index contributed by atoms with van der Waals surface area (Å²) in [5.41, 5.74) is 2.19. The van der Waals surface area contributed by atoms with Crippen molar-refractivity contribution in [3.63, 3.8) is 0 Å². The van der Waals surface area contributed by atoms with Gasteiger partial charge in [-0.3, -0.25) is 4.79 Å². The number of rotatable bonds is 16. The number of hydrogen-bond donors (Lipinski definition) is 2. The zero-order chi connectivity index (χ0) is 28.1. The van der Waals surface area contributed by atoms with Crippen molar-refractivity contribution >= 4 is 17.7 Å². The molecule has 0 aliphatic rings. The Labute approximate surface area is 231 Å². The lowest BCUT2D eigenvalue weighted by molar-refractivity contribution is -0.206. The van der Waals surface area contributed by atoms with Crippen molar-refractivity contribution in [2.45, 2.75) is 49.6 Å². The summed E-state index contributed by atoms with van der Waals surface area (Å²) in [6.45, 7) is 0.723. The summed E-state index contributed by atoms with van der Waals surface area (Å²) in [5.74, 6) is 0.879. The van der Waals surface area contributed by atoms with Crippen molar-refractivity contribution in [2.75, 3.05) is 19.0 Å². The van der Waals surface area contributed by atoms with Crippen LogP contribution in [0.3, 0.4) is 0 Å². The van der Waals surface area contributed by atoms with E-state index in [1.54, 1.807) is 11.8 Å². The number of alkyl halides is 3. The highest BCUT2D eigenvalue weighted by Crippen LogP contribution is 2.35. The molecule has 3 aromatic rings. The van der Waals surface area contributed by atoms with Gasteiger partial charge in [0.15, 0.2) is 6.10 Å². The first-order chi connectivity index (χ1) is 18.7. The Morgan fingerprint density at radius 3 is 1.92 bits per heavy atom. The second-order valence-corrected chi connectivity index (χ2v) is 10.3. The van der Waals surface area contributed by atoms with Gasteiger partial charge in [-0.05, 0) is 60.2 Å². The van der Waals surface area contributed by atoms with E-state index in [2.05, 4.69) is 12.1 Å². The van der Waals surface area contributed by atoms with Gasteiger partial charge >= 0.3 is 12.1 Å². The number of aliphatic hydroxyl groups excluding tert-OH is 1. The van der Waals surface area contributed by atoms with Crippen molar-refractivity contribution in [1.29, 1.82) is 0 Å². The van der Waals surface area contributed by atoms with Crippen molar-refractivity contribution in [3.8, 4) is 11.5 Å². The second kappa shape index (κ2) is 15.4. The van der Waals surface area contributed by atoms with Gasteiger partial charge < -0.3 is 19.7 Å². The number of aryl methyl sites for hydroxylation is 1. The van der Waals surface area contributed by atoms with E-state index in [4.69, 9.17) is 14.6 Å². The Hall–Kier alpha value is -3.17. The van der Waals surface area contributed by atoms with E-state index in [-0.39, 0.29) is 17.2 Å². The fourth-order valence-electron chi connectivity index (χ4n) is 3.92. The van der Waals surface area contributed by atoms with E-state index in [9.17, 15) is 23.1 Å². The Bertz CT molecular complexity index is 1120. The minimum Gasteiger partial charge on any atom is -0.493 e. The molecule has 0 radical (unpaired) electrons. The number of carboxylic acids is 1. The average molecular weight is 563 g/mol. The van der Waals surface area contributed by atoms with Gasteiger partial charge in [0.25, 0.3) is 0 Å². The number of aliphatic hydroxyl groups is 1. The van der Waals surface area contributed by atoms with Crippen LogP contribution >= 0.6 is 11.8 Å². The molecule has 0 aliphatic carbocycles. The Kier molecular flexibility index (Phi) is 12.0. The smallest absolute Gasteiger partial charge is 0.418 e. The minimum atomic E-state index is -4.71. The molecule has 3 aromatic carbocycles. The van der Waals surface area contributed by atoms with Gasteiger partial charge in [-0.2, -0.15) is 24.9 Å². The molecule has 210 valence electrons. The second-order valence-electron chi connectivity index (χ2n) is 9.01. The molecule has 2 N–H and O–H groups in total. The van der Waals surface area contributed by atoms with Crippen molar-refractivity contribution < 1.29 is 37.7 Å². The highest BCUT2D eigenvalue weighted by atomic mass is 32.2. The molecule has 2 atom stereocenters. The van der Waals surface area contributed by atoms with Crippen LogP contribution in [-0.2, 0) is 11.2 Å². The van der Waals surface area contributed by atoms with Crippen LogP contribution in [0.1, 0.15) is 53.7 Å². The highest BCUT2D eigenvalue weighted by Gasteiger charge is 2.39. The minimum absolute atomic E-state index is 0.128. The standard InChI is InChI=1S/C30H33F3O5S/c31-30(32,33)29(36)24-12-16-26(17-13-24)38-20-5-19-37-25-14-10-23(11-15-25)27(39-21-18-28(34)35)9-4-8-22-6-2-1-3-7-22/h1-3,6-7,10-17,27,29,36H,4-5,8-9,18-21H2,(H,34,35). The normalized spacial score (nSPS) is 13.0. The van der Waals surface area contributed by atoms with Crippen molar-refractivity contribution in [1.82, 2.24) is 0 Å². The molecule has 0 aromatic heterocycles. The monoisotopic (exact) mass is 562 g/mol.